The van der Waals surface area contributed by atoms with Gasteiger partial charge in [0, 0.05) is 37.4 Å². The van der Waals surface area contributed by atoms with Crippen LogP contribution in [-0.2, 0) is 18.3 Å². The summed E-state index contributed by atoms with van der Waals surface area (Å²) in [5, 5.41) is 10.0. The predicted octanol–water partition coefficient (Wildman–Crippen LogP) is 4.02. The molecule has 2 aromatic rings. The summed E-state index contributed by atoms with van der Waals surface area (Å²) in [6, 6.07) is 8.16. The van der Waals surface area contributed by atoms with Crippen molar-refractivity contribution >= 4 is 41.3 Å². The third kappa shape index (κ3) is 8.04. The molecule has 0 saturated heterocycles. The van der Waals surface area contributed by atoms with Crippen LogP contribution in [0.2, 0.25) is 0 Å². The lowest BCUT2D eigenvalue weighted by atomic mass is 9.93. The van der Waals surface area contributed by atoms with Crippen molar-refractivity contribution in [3.05, 3.63) is 45.9 Å². The van der Waals surface area contributed by atoms with E-state index in [-0.39, 0.29) is 29.4 Å². The van der Waals surface area contributed by atoms with E-state index in [1.54, 1.807) is 25.5 Å². The molecular formula is C20H31IN4OS. The first-order valence-electron chi connectivity index (χ1n) is 8.94. The van der Waals surface area contributed by atoms with Gasteiger partial charge in [-0.15, -0.1) is 35.3 Å². The van der Waals surface area contributed by atoms with E-state index in [4.69, 9.17) is 9.72 Å². The molecule has 1 heterocycles. The van der Waals surface area contributed by atoms with Gasteiger partial charge in [-0.2, -0.15) is 0 Å². The summed E-state index contributed by atoms with van der Waals surface area (Å²) < 4.78 is 5.18. The molecule has 1 aromatic carbocycles. The lowest BCUT2D eigenvalue weighted by Crippen LogP contribution is -2.39. The SMILES string of the molecule is CN=C(NCCc1ccc(OC)cc1)NCCc1nc(C(C)(C)C)cs1.I. The monoisotopic (exact) mass is 502 g/mol. The van der Waals surface area contributed by atoms with Crippen molar-refractivity contribution in [1.29, 1.82) is 0 Å². The van der Waals surface area contributed by atoms with Gasteiger partial charge in [-0.3, -0.25) is 4.99 Å². The highest BCUT2D eigenvalue weighted by molar-refractivity contribution is 14.0. The number of halogens is 1. The number of thiazole rings is 1. The predicted molar refractivity (Wildman–Crippen MR) is 126 cm³/mol. The normalized spacial score (nSPS) is 11.7. The zero-order valence-electron chi connectivity index (χ0n) is 16.8. The van der Waals surface area contributed by atoms with Gasteiger partial charge in [-0.1, -0.05) is 32.9 Å². The highest BCUT2D eigenvalue weighted by Crippen LogP contribution is 2.23. The zero-order chi connectivity index (χ0) is 19.0. The van der Waals surface area contributed by atoms with Crippen molar-refractivity contribution < 1.29 is 4.74 Å². The fraction of sp³-hybridized carbons (Fsp3) is 0.500. The summed E-state index contributed by atoms with van der Waals surface area (Å²) in [6.07, 6.45) is 1.84. The fourth-order valence-corrected chi connectivity index (χ4v) is 3.42. The second-order valence-electron chi connectivity index (χ2n) is 7.15. The molecule has 0 amide bonds. The third-order valence-electron chi connectivity index (χ3n) is 4.04. The molecule has 0 aliphatic carbocycles. The van der Waals surface area contributed by atoms with Gasteiger partial charge in [-0.05, 0) is 24.1 Å². The van der Waals surface area contributed by atoms with Gasteiger partial charge in [0.1, 0.15) is 5.75 Å². The number of hydrogen-bond acceptors (Lipinski definition) is 4. The molecule has 2 N–H and O–H groups in total. The molecule has 1 aromatic heterocycles. The Morgan fingerprint density at radius 2 is 1.74 bits per heavy atom. The highest BCUT2D eigenvalue weighted by atomic mass is 127. The second-order valence-corrected chi connectivity index (χ2v) is 8.09. The average molecular weight is 502 g/mol. The summed E-state index contributed by atoms with van der Waals surface area (Å²) in [5.74, 6) is 1.71. The van der Waals surface area contributed by atoms with E-state index < -0.39 is 0 Å². The molecule has 5 nitrogen and oxygen atoms in total. The van der Waals surface area contributed by atoms with Crippen LogP contribution in [0.25, 0.3) is 0 Å². The number of aromatic nitrogens is 1. The van der Waals surface area contributed by atoms with Gasteiger partial charge in [0.15, 0.2) is 5.96 Å². The zero-order valence-corrected chi connectivity index (χ0v) is 20.0. The van der Waals surface area contributed by atoms with Gasteiger partial charge in [0.05, 0.1) is 17.8 Å². The first-order chi connectivity index (χ1) is 12.4. The Morgan fingerprint density at radius 3 is 2.26 bits per heavy atom. The fourth-order valence-electron chi connectivity index (χ4n) is 2.40. The third-order valence-corrected chi connectivity index (χ3v) is 4.95. The molecule has 7 heteroatoms. The van der Waals surface area contributed by atoms with Crippen molar-refractivity contribution in [1.82, 2.24) is 15.6 Å². The molecule has 2 rings (SSSR count). The Labute approximate surface area is 184 Å². The maximum atomic E-state index is 5.18. The van der Waals surface area contributed by atoms with Crippen LogP contribution in [0.1, 0.15) is 37.0 Å². The summed E-state index contributed by atoms with van der Waals surface area (Å²) in [7, 11) is 3.48. The van der Waals surface area contributed by atoms with Crippen molar-refractivity contribution in [3.63, 3.8) is 0 Å². The number of ether oxygens (including phenoxy) is 1. The summed E-state index contributed by atoms with van der Waals surface area (Å²) in [6.45, 7) is 8.23. The molecule has 0 spiro atoms. The standard InChI is InChI=1S/C20H30N4OS.HI/c1-20(2,3)17-14-26-18(24-17)11-13-23-19(21-4)22-12-10-15-6-8-16(25-5)9-7-15;/h6-9,14H,10-13H2,1-5H3,(H2,21,22,23);1H. The van der Waals surface area contributed by atoms with Crippen molar-refractivity contribution in [2.45, 2.75) is 39.0 Å². The van der Waals surface area contributed by atoms with Crippen LogP contribution in [-0.4, -0.2) is 38.2 Å². The molecular weight excluding hydrogens is 471 g/mol. The van der Waals surface area contributed by atoms with E-state index in [0.717, 1.165) is 42.6 Å². The van der Waals surface area contributed by atoms with Gasteiger partial charge >= 0.3 is 0 Å². The smallest absolute Gasteiger partial charge is 0.191 e. The largest absolute Gasteiger partial charge is 0.497 e. The summed E-state index contributed by atoms with van der Waals surface area (Å²) in [5.41, 5.74) is 2.55. The minimum Gasteiger partial charge on any atom is -0.497 e. The van der Waals surface area contributed by atoms with E-state index in [1.165, 1.54) is 11.3 Å². The van der Waals surface area contributed by atoms with Crippen LogP contribution in [0.4, 0.5) is 0 Å². The molecule has 0 radical (unpaired) electrons. The molecule has 0 atom stereocenters. The van der Waals surface area contributed by atoms with Gasteiger partial charge in [0.25, 0.3) is 0 Å². The maximum Gasteiger partial charge on any atom is 0.191 e. The van der Waals surface area contributed by atoms with E-state index >= 15 is 0 Å². The molecule has 150 valence electrons. The average Bonchev–Trinajstić information content (AvgIpc) is 3.10. The van der Waals surface area contributed by atoms with E-state index in [1.807, 2.05) is 12.1 Å². The van der Waals surface area contributed by atoms with Gasteiger partial charge in [0.2, 0.25) is 0 Å². The first kappa shape index (κ1) is 23.7. The van der Waals surface area contributed by atoms with Gasteiger partial charge < -0.3 is 15.4 Å². The number of methoxy groups -OCH3 is 1. The lowest BCUT2D eigenvalue weighted by Gasteiger charge is -2.14. The number of guanidine groups is 1. The van der Waals surface area contributed by atoms with Crippen molar-refractivity contribution in [2.75, 3.05) is 27.2 Å². The number of nitrogens with zero attached hydrogens (tertiary/aromatic N) is 2. The lowest BCUT2D eigenvalue weighted by molar-refractivity contribution is 0.414. The molecule has 0 fully saturated rings. The Kier molecular flexibility index (Phi) is 10.1. The van der Waals surface area contributed by atoms with Crippen LogP contribution in [0.5, 0.6) is 5.75 Å². The molecule has 0 saturated carbocycles. The summed E-state index contributed by atoms with van der Waals surface area (Å²) >= 11 is 1.73. The van der Waals surface area contributed by atoms with Crippen LogP contribution >= 0.6 is 35.3 Å². The number of nitrogens with one attached hydrogen (secondary N) is 2. The van der Waals surface area contributed by atoms with Gasteiger partial charge in [-0.25, -0.2) is 4.98 Å². The van der Waals surface area contributed by atoms with Crippen LogP contribution in [0.15, 0.2) is 34.6 Å². The van der Waals surface area contributed by atoms with Crippen molar-refractivity contribution in [3.8, 4) is 5.75 Å². The topological polar surface area (TPSA) is 58.5 Å². The molecule has 0 aliphatic rings. The van der Waals surface area contributed by atoms with E-state index in [9.17, 15) is 0 Å². The Bertz CT molecular complexity index is 708. The Hall–Kier alpha value is -1.35. The number of rotatable bonds is 7. The number of benzene rings is 1. The quantitative estimate of drug-likeness (QED) is 0.341. The molecule has 0 bridgehead atoms. The minimum atomic E-state index is 0. The minimum absolute atomic E-state index is 0. The molecule has 27 heavy (non-hydrogen) atoms. The molecule has 0 unspecified atom stereocenters. The second kappa shape index (κ2) is 11.5. The first-order valence-corrected chi connectivity index (χ1v) is 9.82. The van der Waals surface area contributed by atoms with Crippen LogP contribution in [0, 0.1) is 0 Å². The van der Waals surface area contributed by atoms with Crippen molar-refractivity contribution in [2.24, 2.45) is 4.99 Å². The van der Waals surface area contributed by atoms with Crippen LogP contribution < -0.4 is 15.4 Å². The van der Waals surface area contributed by atoms with E-state index in [2.05, 4.69) is 53.9 Å². The molecule has 0 aliphatic heterocycles. The highest BCUT2D eigenvalue weighted by Gasteiger charge is 2.17. The Morgan fingerprint density at radius 1 is 1.11 bits per heavy atom. The van der Waals surface area contributed by atoms with E-state index in [0.29, 0.717) is 0 Å². The number of aliphatic imine (C=N–C) groups is 1. The van der Waals surface area contributed by atoms with Crippen LogP contribution in [0.3, 0.4) is 0 Å². The number of hydrogen-bond donors (Lipinski definition) is 2. The summed E-state index contributed by atoms with van der Waals surface area (Å²) in [4.78, 5) is 9.01. The Balaban J connectivity index is 0.00000364. The maximum absolute atomic E-state index is 5.18.